The van der Waals surface area contributed by atoms with Crippen LogP contribution in [0.15, 0.2) is 24.3 Å². The number of anilines is 1. The van der Waals surface area contributed by atoms with Gasteiger partial charge in [0.25, 0.3) is 0 Å². The summed E-state index contributed by atoms with van der Waals surface area (Å²) in [5.74, 6) is 0.930. The summed E-state index contributed by atoms with van der Waals surface area (Å²) >= 11 is 0. The van der Waals surface area contributed by atoms with Crippen LogP contribution < -0.4 is 10.5 Å². The minimum atomic E-state index is 0.791. The molecule has 0 aliphatic rings. The minimum absolute atomic E-state index is 0.791. The fourth-order valence-corrected chi connectivity index (χ4v) is 3.05. The van der Waals surface area contributed by atoms with Crippen molar-refractivity contribution in [1.29, 1.82) is 0 Å². The van der Waals surface area contributed by atoms with Crippen molar-refractivity contribution < 1.29 is 4.74 Å². The molecule has 2 heteroatoms. The van der Waals surface area contributed by atoms with E-state index in [-0.39, 0.29) is 0 Å². The lowest BCUT2D eigenvalue weighted by molar-refractivity contribution is 0.304. The van der Waals surface area contributed by atoms with Gasteiger partial charge in [0, 0.05) is 5.69 Å². The Morgan fingerprint density at radius 1 is 0.625 bits per heavy atom. The predicted octanol–water partition coefficient (Wildman–Crippen LogP) is 7.13. The van der Waals surface area contributed by atoms with Gasteiger partial charge in [-0.1, -0.05) is 90.4 Å². The lowest BCUT2D eigenvalue weighted by Gasteiger charge is -2.06. The van der Waals surface area contributed by atoms with Gasteiger partial charge >= 0.3 is 0 Å². The van der Waals surface area contributed by atoms with Gasteiger partial charge in [0.2, 0.25) is 0 Å². The SMILES string of the molecule is CCCCCCCCCCCCCCCCOc1ccc(N)cc1. The molecule has 0 unspecified atom stereocenters. The van der Waals surface area contributed by atoms with Crippen molar-refractivity contribution in [1.82, 2.24) is 0 Å². The highest BCUT2D eigenvalue weighted by molar-refractivity contribution is 5.41. The molecule has 138 valence electrons. The summed E-state index contributed by atoms with van der Waals surface area (Å²) in [6.45, 7) is 3.11. The molecule has 0 saturated carbocycles. The molecule has 2 nitrogen and oxygen atoms in total. The van der Waals surface area contributed by atoms with E-state index in [9.17, 15) is 0 Å². The minimum Gasteiger partial charge on any atom is -0.494 e. The fraction of sp³-hybridized carbons (Fsp3) is 0.727. The first-order chi connectivity index (χ1) is 11.8. The second-order valence-electron chi connectivity index (χ2n) is 7.01. The third kappa shape index (κ3) is 12.3. The van der Waals surface area contributed by atoms with Gasteiger partial charge in [0.15, 0.2) is 0 Å². The molecular formula is C22H39NO. The normalized spacial score (nSPS) is 10.9. The Morgan fingerprint density at radius 3 is 1.50 bits per heavy atom. The fourth-order valence-electron chi connectivity index (χ4n) is 3.05. The number of nitrogens with two attached hydrogens (primary N) is 1. The first kappa shape index (κ1) is 20.9. The van der Waals surface area contributed by atoms with Crippen molar-refractivity contribution >= 4 is 5.69 Å². The number of hydrogen-bond acceptors (Lipinski definition) is 2. The van der Waals surface area contributed by atoms with Crippen molar-refractivity contribution in [2.75, 3.05) is 12.3 Å². The van der Waals surface area contributed by atoms with Crippen molar-refractivity contribution in [3.63, 3.8) is 0 Å². The molecule has 0 bridgehead atoms. The number of nitrogen functional groups attached to an aromatic ring is 1. The van der Waals surface area contributed by atoms with Crippen LogP contribution in [0, 0.1) is 0 Å². The third-order valence-corrected chi connectivity index (χ3v) is 4.65. The highest BCUT2D eigenvalue weighted by Gasteiger charge is 1.96. The Labute approximate surface area is 150 Å². The van der Waals surface area contributed by atoms with Crippen molar-refractivity contribution in [3.8, 4) is 5.75 Å². The lowest BCUT2D eigenvalue weighted by atomic mass is 10.0. The average molecular weight is 334 g/mol. The Hall–Kier alpha value is -1.18. The number of unbranched alkanes of at least 4 members (excludes halogenated alkanes) is 13. The van der Waals surface area contributed by atoms with E-state index in [2.05, 4.69) is 6.92 Å². The summed E-state index contributed by atoms with van der Waals surface area (Å²) < 4.78 is 5.71. The molecule has 0 aromatic heterocycles. The van der Waals surface area contributed by atoms with Crippen LogP contribution in [0.2, 0.25) is 0 Å². The van der Waals surface area contributed by atoms with E-state index >= 15 is 0 Å². The monoisotopic (exact) mass is 333 g/mol. The van der Waals surface area contributed by atoms with Crippen LogP contribution in [0.4, 0.5) is 5.69 Å². The molecule has 0 atom stereocenters. The zero-order chi connectivity index (χ0) is 17.3. The predicted molar refractivity (Wildman–Crippen MR) is 107 cm³/mol. The van der Waals surface area contributed by atoms with Crippen LogP contribution >= 0.6 is 0 Å². The van der Waals surface area contributed by atoms with E-state index < -0.39 is 0 Å². The van der Waals surface area contributed by atoms with Crippen molar-refractivity contribution in [2.24, 2.45) is 0 Å². The molecule has 0 aliphatic heterocycles. The maximum atomic E-state index is 5.71. The standard InChI is InChI=1S/C22H39NO/c1-2-3-4-5-6-7-8-9-10-11-12-13-14-15-20-24-22-18-16-21(23)17-19-22/h16-19H,2-15,20,23H2,1H3. The largest absolute Gasteiger partial charge is 0.494 e. The highest BCUT2D eigenvalue weighted by atomic mass is 16.5. The van der Waals surface area contributed by atoms with Crippen molar-refractivity contribution in [3.05, 3.63) is 24.3 Å². The third-order valence-electron chi connectivity index (χ3n) is 4.65. The smallest absolute Gasteiger partial charge is 0.119 e. The molecule has 0 saturated heterocycles. The van der Waals surface area contributed by atoms with E-state index in [0.29, 0.717) is 0 Å². The molecule has 24 heavy (non-hydrogen) atoms. The molecule has 0 radical (unpaired) electrons. The van der Waals surface area contributed by atoms with Gasteiger partial charge in [-0.15, -0.1) is 0 Å². The van der Waals surface area contributed by atoms with Gasteiger partial charge in [-0.05, 0) is 30.7 Å². The summed E-state index contributed by atoms with van der Waals surface area (Å²) in [4.78, 5) is 0. The van der Waals surface area contributed by atoms with E-state index in [1.165, 1.54) is 83.5 Å². The maximum absolute atomic E-state index is 5.71. The Balaban J connectivity index is 1.75. The second-order valence-corrected chi connectivity index (χ2v) is 7.01. The van der Waals surface area contributed by atoms with Crippen LogP contribution in [0.1, 0.15) is 96.8 Å². The number of hydrogen-bond donors (Lipinski definition) is 1. The van der Waals surface area contributed by atoms with Crippen LogP contribution in [-0.2, 0) is 0 Å². The summed E-state index contributed by atoms with van der Waals surface area (Å²) in [7, 11) is 0. The molecule has 0 amide bonds. The van der Waals surface area contributed by atoms with E-state index in [4.69, 9.17) is 10.5 Å². The number of rotatable bonds is 16. The summed E-state index contributed by atoms with van der Waals surface area (Å²) in [6, 6.07) is 7.67. The summed E-state index contributed by atoms with van der Waals surface area (Å²) in [5.41, 5.74) is 6.45. The average Bonchev–Trinajstić information content (AvgIpc) is 2.60. The second kappa shape index (κ2) is 15.4. The van der Waals surface area contributed by atoms with E-state index in [0.717, 1.165) is 24.5 Å². The number of benzene rings is 1. The van der Waals surface area contributed by atoms with Crippen LogP contribution in [0.5, 0.6) is 5.75 Å². The molecule has 1 aromatic rings. The molecule has 0 spiro atoms. The molecule has 1 rings (SSSR count). The van der Waals surface area contributed by atoms with Gasteiger partial charge in [-0.2, -0.15) is 0 Å². The molecule has 0 heterocycles. The van der Waals surface area contributed by atoms with Crippen LogP contribution in [-0.4, -0.2) is 6.61 Å². The van der Waals surface area contributed by atoms with Crippen molar-refractivity contribution in [2.45, 2.75) is 96.8 Å². The Bertz CT molecular complexity index is 374. The quantitative estimate of drug-likeness (QED) is 0.258. The Morgan fingerprint density at radius 2 is 1.04 bits per heavy atom. The maximum Gasteiger partial charge on any atom is 0.119 e. The van der Waals surface area contributed by atoms with Crippen LogP contribution in [0.25, 0.3) is 0 Å². The van der Waals surface area contributed by atoms with Crippen LogP contribution in [0.3, 0.4) is 0 Å². The van der Waals surface area contributed by atoms with E-state index in [1.54, 1.807) is 0 Å². The van der Waals surface area contributed by atoms with Gasteiger partial charge in [0.1, 0.15) is 5.75 Å². The van der Waals surface area contributed by atoms with E-state index in [1.807, 2.05) is 24.3 Å². The zero-order valence-corrected chi connectivity index (χ0v) is 15.9. The Kier molecular flexibility index (Phi) is 13.3. The van der Waals surface area contributed by atoms with Gasteiger partial charge in [0.05, 0.1) is 6.61 Å². The lowest BCUT2D eigenvalue weighted by Crippen LogP contribution is -1.97. The highest BCUT2D eigenvalue weighted by Crippen LogP contribution is 2.15. The summed E-state index contributed by atoms with van der Waals surface area (Å²) in [6.07, 6.45) is 19.5. The topological polar surface area (TPSA) is 35.2 Å². The molecular weight excluding hydrogens is 294 g/mol. The molecule has 1 aromatic carbocycles. The molecule has 0 aliphatic carbocycles. The zero-order valence-electron chi connectivity index (χ0n) is 15.9. The first-order valence-electron chi connectivity index (χ1n) is 10.3. The van der Waals surface area contributed by atoms with Gasteiger partial charge in [-0.25, -0.2) is 0 Å². The molecule has 2 N–H and O–H groups in total. The number of ether oxygens (including phenoxy) is 1. The first-order valence-corrected chi connectivity index (χ1v) is 10.3. The molecule has 0 fully saturated rings. The van der Waals surface area contributed by atoms with Gasteiger partial charge in [-0.3, -0.25) is 0 Å². The summed E-state index contributed by atoms with van der Waals surface area (Å²) in [5, 5.41) is 0. The van der Waals surface area contributed by atoms with Gasteiger partial charge < -0.3 is 10.5 Å².